The number of hydrogen-bond acceptors (Lipinski definition) is 0. The molecule has 1 atom stereocenters. The molecule has 0 radical (unpaired) electrons. The molecule has 2 aliphatic rings. The normalized spacial score (nSPS) is 18.0. The van der Waals surface area contributed by atoms with E-state index in [1.165, 1.54) is 66.1 Å². The van der Waals surface area contributed by atoms with Gasteiger partial charge in [-0.2, -0.15) is 0 Å². The van der Waals surface area contributed by atoms with E-state index in [9.17, 15) is 0 Å². The maximum Gasteiger partial charge on any atom is 0.0585 e. The van der Waals surface area contributed by atoms with Crippen LogP contribution in [0.15, 0.2) is 97.1 Å². The van der Waals surface area contributed by atoms with E-state index in [1.807, 2.05) is 0 Å². The quantitative estimate of drug-likeness (QED) is 0.251. The van der Waals surface area contributed by atoms with Crippen LogP contribution < -0.4 is 0 Å². The lowest BCUT2D eigenvalue weighted by Crippen LogP contribution is -2.22. The largest absolute Gasteiger partial charge is 0.308 e. The fraction of sp³-hybridized carbons (Fsp3) is 0.0667. The molecule has 2 heterocycles. The Balaban J connectivity index is 1.77. The second-order valence-electron chi connectivity index (χ2n) is 9.09. The third-order valence-electron chi connectivity index (χ3n) is 7.75. The number of nitrogens with zero attached hydrogens (tertiary/aromatic N) is 1. The minimum atomic E-state index is -0.191. The Labute approximate surface area is 180 Å². The fourth-order valence-corrected chi connectivity index (χ4v) is 6.53. The van der Waals surface area contributed by atoms with Crippen molar-refractivity contribution in [2.24, 2.45) is 0 Å². The molecule has 0 N–H and O–H groups in total. The second-order valence-corrected chi connectivity index (χ2v) is 9.09. The summed E-state index contributed by atoms with van der Waals surface area (Å²) in [6, 6.07) is 36.2. The predicted molar refractivity (Wildman–Crippen MR) is 129 cm³/mol. The van der Waals surface area contributed by atoms with Crippen LogP contribution in [-0.2, 0) is 5.41 Å². The van der Waals surface area contributed by atoms with Gasteiger partial charge in [0.1, 0.15) is 0 Å². The Morgan fingerprint density at radius 3 is 2.35 bits per heavy atom. The van der Waals surface area contributed by atoms with Crippen molar-refractivity contribution in [3.05, 3.63) is 114 Å². The first-order chi connectivity index (χ1) is 15.3. The molecule has 5 aromatic carbocycles. The minimum absolute atomic E-state index is 0.191. The van der Waals surface area contributed by atoms with Gasteiger partial charge in [-0.3, -0.25) is 0 Å². The van der Waals surface area contributed by atoms with Gasteiger partial charge in [-0.15, -0.1) is 0 Å². The van der Waals surface area contributed by atoms with Crippen LogP contribution in [-0.4, -0.2) is 4.57 Å². The lowest BCUT2D eigenvalue weighted by Gasteiger charge is -2.28. The molecule has 1 aliphatic carbocycles. The molecule has 1 heteroatoms. The van der Waals surface area contributed by atoms with E-state index < -0.39 is 0 Å². The van der Waals surface area contributed by atoms with Crippen LogP contribution in [0.2, 0.25) is 0 Å². The molecule has 1 aliphatic heterocycles. The fourth-order valence-electron chi connectivity index (χ4n) is 6.53. The van der Waals surface area contributed by atoms with E-state index in [-0.39, 0.29) is 5.41 Å². The Morgan fingerprint density at radius 1 is 0.613 bits per heavy atom. The van der Waals surface area contributed by atoms with Gasteiger partial charge in [-0.1, -0.05) is 84.9 Å². The maximum absolute atomic E-state index is 2.52. The number of aromatic nitrogens is 1. The highest BCUT2D eigenvalue weighted by molar-refractivity contribution is 6.15. The highest BCUT2D eigenvalue weighted by atomic mass is 15.0. The summed E-state index contributed by atoms with van der Waals surface area (Å²) < 4.78 is 2.52. The minimum Gasteiger partial charge on any atom is -0.308 e. The molecule has 1 nitrogen and oxygen atoms in total. The van der Waals surface area contributed by atoms with Crippen molar-refractivity contribution < 1.29 is 0 Å². The molecule has 8 rings (SSSR count). The van der Waals surface area contributed by atoms with Gasteiger partial charge in [0.2, 0.25) is 0 Å². The van der Waals surface area contributed by atoms with Gasteiger partial charge in [-0.25, -0.2) is 0 Å². The summed E-state index contributed by atoms with van der Waals surface area (Å²) in [4.78, 5) is 0. The topological polar surface area (TPSA) is 4.93 Å². The van der Waals surface area contributed by atoms with Gasteiger partial charge in [0.15, 0.2) is 0 Å². The number of rotatable bonds is 0. The molecule has 0 saturated heterocycles. The molecule has 0 bridgehead atoms. The van der Waals surface area contributed by atoms with Crippen molar-refractivity contribution in [1.82, 2.24) is 4.57 Å². The van der Waals surface area contributed by atoms with Crippen LogP contribution in [0.4, 0.5) is 0 Å². The van der Waals surface area contributed by atoms with Crippen LogP contribution in [0.3, 0.4) is 0 Å². The van der Waals surface area contributed by atoms with E-state index in [0.29, 0.717) is 0 Å². The van der Waals surface area contributed by atoms with E-state index in [1.54, 1.807) is 0 Å². The monoisotopic (exact) mass is 393 g/mol. The highest BCUT2D eigenvalue weighted by Crippen LogP contribution is 2.58. The summed E-state index contributed by atoms with van der Waals surface area (Å²) in [5.74, 6) is 0. The van der Waals surface area contributed by atoms with Gasteiger partial charge >= 0.3 is 0 Å². The van der Waals surface area contributed by atoms with E-state index in [4.69, 9.17) is 0 Å². The van der Waals surface area contributed by atoms with Crippen LogP contribution in [0, 0.1) is 0 Å². The smallest absolute Gasteiger partial charge is 0.0585 e. The van der Waals surface area contributed by atoms with Crippen molar-refractivity contribution >= 4 is 32.6 Å². The highest BCUT2D eigenvalue weighted by Gasteiger charge is 2.45. The third-order valence-corrected chi connectivity index (χ3v) is 7.75. The number of fused-ring (bicyclic) bond motifs is 8. The van der Waals surface area contributed by atoms with Gasteiger partial charge in [0.05, 0.1) is 16.7 Å². The average molecular weight is 393 g/mol. The molecular weight excluding hydrogens is 374 g/mol. The molecule has 0 saturated carbocycles. The summed E-state index contributed by atoms with van der Waals surface area (Å²) in [7, 11) is 0. The van der Waals surface area contributed by atoms with Crippen LogP contribution in [0.25, 0.3) is 49.4 Å². The SMILES string of the molecule is CC12c3ccccc3-c3ccc4cccc(c4c31)-n1c3ccccc3c3cccc2c31. The summed E-state index contributed by atoms with van der Waals surface area (Å²) in [6.45, 7) is 2.44. The number of benzene rings is 5. The number of para-hydroxylation sites is 2. The summed E-state index contributed by atoms with van der Waals surface area (Å²) in [5.41, 5.74) is 10.8. The van der Waals surface area contributed by atoms with Crippen molar-refractivity contribution in [1.29, 1.82) is 0 Å². The molecule has 6 aromatic rings. The zero-order valence-corrected chi connectivity index (χ0v) is 17.2. The Bertz CT molecular complexity index is 1750. The maximum atomic E-state index is 2.52. The Morgan fingerprint density at radius 2 is 1.39 bits per heavy atom. The first-order valence-electron chi connectivity index (χ1n) is 11.0. The van der Waals surface area contributed by atoms with Crippen LogP contribution >= 0.6 is 0 Å². The Kier molecular flexibility index (Phi) is 2.60. The summed E-state index contributed by atoms with van der Waals surface area (Å²) in [5, 5.41) is 5.36. The standard InChI is InChI=1S/C30H19N/c1-30-23-12-4-2-9-19(23)21-17-16-18-8-6-15-26(27(18)28(21)30)31-25-14-5-3-10-20(25)22-11-7-13-24(30)29(22)31/h2-17H,1H3. The van der Waals surface area contributed by atoms with Crippen LogP contribution in [0.1, 0.15) is 23.6 Å². The summed E-state index contributed by atoms with van der Waals surface area (Å²) in [6.07, 6.45) is 0. The van der Waals surface area contributed by atoms with Crippen molar-refractivity contribution in [3.8, 4) is 16.8 Å². The van der Waals surface area contributed by atoms with Gasteiger partial charge in [-0.05, 0) is 52.3 Å². The lowest BCUT2D eigenvalue weighted by atomic mass is 9.72. The van der Waals surface area contributed by atoms with Crippen LogP contribution in [0.5, 0.6) is 0 Å². The van der Waals surface area contributed by atoms with Gasteiger partial charge in [0, 0.05) is 21.6 Å². The molecule has 0 spiro atoms. The van der Waals surface area contributed by atoms with E-state index >= 15 is 0 Å². The number of hydrogen-bond donors (Lipinski definition) is 0. The molecule has 1 unspecified atom stereocenters. The van der Waals surface area contributed by atoms with Gasteiger partial charge < -0.3 is 4.57 Å². The van der Waals surface area contributed by atoms with Gasteiger partial charge in [0.25, 0.3) is 0 Å². The zero-order valence-electron chi connectivity index (χ0n) is 17.2. The molecular formula is C30H19N. The first kappa shape index (κ1) is 15.9. The molecule has 144 valence electrons. The van der Waals surface area contributed by atoms with Crippen molar-refractivity contribution in [2.45, 2.75) is 12.3 Å². The van der Waals surface area contributed by atoms with Crippen molar-refractivity contribution in [3.63, 3.8) is 0 Å². The first-order valence-corrected chi connectivity index (χ1v) is 11.0. The zero-order chi connectivity index (χ0) is 20.3. The molecule has 1 aromatic heterocycles. The lowest BCUT2D eigenvalue weighted by molar-refractivity contribution is 0.728. The average Bonchev–Trinajstić information content (AvgIpc) is 3.26. The summed E-state index contributed by atoms with van der Waals surface area (Å²) >= 11 is 0. The molecule has 0 fully saturated rings. The molecule has 31 heavy (non-hydrogen) atoms. The van der Waals surface area contributed by atoms with E-state index in [0.717, 1.165) is 0 Å². The second kappa shape index (κ2) is 5.07. The molecule has 0 amide bonds. The predicted octanol–water partition coefficient (Wildman–Crippen LogP) is 7.59. The van der Waals surface area contributed by atoms with E-state index in [2.05, 4.69) is 109 Å². The van der Waals surface area contributed by atoms with Crippen molar-refractivity contribution in [2.75, 3.05) is 0 Å². The third kappa shape index (κ3) is 1.62. The Hall–Kier alpha value is -3.84.